The van der Waals surface area contributed by atoms with E-state index in [0.29, 0.717) is 12.5 Å². The molecule has 0 spiro atoms. The summed E-state index contributed by atoms with van der Waals surface area (Å²) in [5, 5.41) is 0. The van der Waals surface area contributed by atoms with Crippen molar-refractivity contribution in [3.63, 3.8) is 0 Å². The molecular formula is C14H26N2O. The quantitative estimate of drug-likeness (QED) is 0.828. The van der Waals surface area contributed by atoms with E-state index in [1.807, 2.05) is 33.0 Å². The van der Waals surface area contributed by atoms with Crippen molar-refractivity contribution >= 4 is 0 Å². The summed E-state index contributed by atoms with van der Waals surface area (Å²) in [7, 11) is 0. The Morgan fingerprint density at radius 3 is 2.47 bits per heavy atom. The predicted octanol–water partition coefficient (Wildman–Crippen LogP) is 3.18. The summed E-state index contributed by atoms with van der Waals surface area (Å²) in [6.07, 6.45) is 5.01. The number of hydrogen-bond donors (Lipinski definition) is 1. The van der Waals surface area contributed by atoms with Gasteiger partial charge in [0.1, 0.15) is 6.61 Å². The van der Waals surface area contributed by atoms with Gasteiger partial charge < -0.3 is 10.5 Å². The number of nitrogens with two attached hydrogens (primary N) is 1. The van der Waals surface area contributed by atoms with Crippen LogP contribution in [0.1, 0.15) is 46.1 Å². The molecule has 0 radical (unpaired) electrons. The minimum atomic E-state index is 0.0992. The third kappa shape index (κ3) is 6.95. The minimum Gasteiger partial charge on any atom is -0.476 e. The molecule has 0 aromatic carbocycles. The third-order valence-electron chi connectivity index (χ3n) is 2.31. The lowest BCUT2D eigenvalue weighted by atomic mass is 10.2. The second-order valence-corrected chi connectivity index (χ2v) is 3.73. The highest BCUT2D eigenvalue weighted by molar-refractivity contribution is 5.17. The van der Waals surface area contributed by atoms with Crippen molar-refractivity contribution < 1.29 is 4.74 Å². The maximum Gasteiger partial charge on any atom is 0.213 e. The standard InChI is InChI=1S/C12H20N2O.C2H6/c1-3-5-10-6-7-12(14-8-10)15-9-11(13)4-2;1-2/h6-8,11H,3-5,9,13H2,1-2H3;1-2H3. The van der Waals surface area contributed by atoms with Crippen LogP contribution < -0.4 is 10.5 Å². The fraction of sp³-hybridized carbons (Fsp3) is 0.643. The van der Waals surface area contributed by atoms with Gasteiger partial charge in [-0.25, -0.2) is 4.98 Å². The molecule has 1 unspecified atom stereocenters. The first kappa shape index (κ1) is 15.9. The van der Waals surface area contributed by atoms with Gasteiger partial charge in [-0.2, -0.15) is 0 Å². The Morgan fingerprint density at radius 2 is 2.00 bits per heavy atom. The zero-order valence-electron chi connectivity index (χ0n) is 11.6. The molecule has 98 valence electrons. The molecule has 1 atom stereocenters. The molecule has 0 saturated heterocycles. The SMILES string of the molecule is CC.CCCc1ccc(OCC(N)CC)nc1. The maximum absolute atomic E-state index is 5.75. The summed E-state index contributed by atoms with van der Waals surface area (Å²) in [6, 6.07) is 4.07. The summed E-state index contributed by atoms with van der Waals surface area (Å²) in [5.74, 6) is 0.666. The average molecular weight is 238 g/mol. The zero-order chi connectivity index (χ0) is 13.1. The summed E-state index contributed by atoms with van der Waals surface area (Å²) in [4.78, 5) is 4.23. The van der Waals surface area contributed by atoms with Gasteiger partial charge in [0.25, 0.3) is 0 Å². The van der Waals surface area contributed by atoms with Crippen LogP contribution in [0.4, 0.5) is 0 Å². The number of pyridine rings is 1. The highest BCUT2D eigenvalue weighted by Gasteiger charge is 2.01. The van der Waals surface area contributed by atoms with Crippen molar-refractivity contribution in [1.82, 2.24) is 4.98 Å². The Kier molecular flexibility index (Phi) is 9.44. The molecule has 1 aromatic heterocycles. The summed E-state index contributed by atoms with van der Waals surface area (Å²) >= 11 is 0. The fourth-order valence-corrected chi connectivity index (χ4v) is 1.24. The van der Waals surface area contributed by atoms with Crippen molar-refractivity contribution in [2.45, 2.75) is 53.0 Å². The zero-order valence-corrected chi connectivity index (χ0v) is 11.6. The second kappa shape index (κ2) is 10.1. The highest BCUT2D eigenvalue weighted by atomic mass is 16.5. The van der Waals surface area contributed by atoms with Gasteiger partial charge in [0.05, 0.1) is 0 Å². The summed E-state index contributed by atoms with van der Waals surface area (Å²) in [6.45, 7) is 8.74. The van der Waals surface area contributed by atoms with Crippen LogP contribution in [0.15, 0.2) is 18.3 Å². The molecule has 1 heterocycles. The largest absolute Gasteiger partial charge is 0.476 e. The third-order valence-corrected chi connectivity index (χ3v) is 2.31. The number of aromatic nitrogens is 1. The van der Waals surface area contributed by atoms with Gasteiger partial charge in [0, 0.05) is 18.3 Å². The monoisotopic (exact) mass is 238 g/mol. The lowest BCUT2D eigenvalue weighted by Crippen LogP contribution is -2.26. The normalized spacial score (nSPS) is 11.4. The number of rotatable bonds is 6. The Morgan fingerprint density at radius 1 is 1.29 bits per heavy atom. The van der Waals surface area contributed by atoms with E-state index >= 15 is 0 Å². The Bertz CT molecular complexity index is 272. The summed E-state index contributed by atoms with van der Waals surface area (Å²) in [5.41, 5.74) is 7.00. The Balaban J connectivity index is 0.00000121. The topological polar surface area (TPSA) is 48.1 Å². The lowest BCUT2D eigenvalue weighted by molar-refractivity contribution is 0.275. The molecule has 0 amide bonds. The van der Waals surface area contributed by atoms with Crippen LogP contribution in [0.3, 0.4) is 0 Å². The molecule has 0 aliphatic rings. The molecule has 3 nitrogen and oxygen atoms in total. The van der Waals surface area contributed by atoms with Crippen molar-refractivity contribution in [3.05, 3.63) is 23.9 Å². The second-order valence-electron chi connectivity index (χ2n) is 3.73. The summed E-state index contributed by atoms with van der Waals surface area (Å²) < 4.78 is 5.46. The molecule has 17 heavy (non-hydrogen) atoms. The number of aryl methyl sites for hydroxylation is 1. The van der Waals surface area contributed by atoms with Gasteiger partial charge in [-0.05, 0) is 18.4 Å². The van der Waals surface area contributed by atoms with Gasteiger partial charge in [-0.1, -0.05) is 40.2 Å². The van der Waals surface area contributed by atoms with E-state index < -0.39 is 0 Å². The molecular weight excluding hydrogens is 212 g/mol. The Hall–Kier alpha value is -1.09. The van der Waals surface area contributed by atoms with Gasteiger partial charge in [0.15, 0.2) is 0 Å². The molecule has 0 aliphatic heterocycles. The van der Waals surface area contributed by atoms with Crippen molar-refractivity contribution in [2.75, 3.05) is 6.61 Å². The van der Waals surface area contributed by atoms with Gasteiger partial charge >= 0.3 is 0 Å². The molecule has 2 N–H and O–H groups in total. The van der Waals surface area contributed by atoms with Crippen LogP contribution in [-0.2, 0) is 6.42 Å². The molecule has 0 saturated carbocycles. The predicted molar refractivity (Wildman–Crippen MR) is 73.3 cm³/mol. The average Bonchev–Trinajstić information content (AvgIpc) is 2.40. The first-order valence-electron chi connectivity index (χ1n) is 6.59. The minimum absolute atomic E-state index is 0.0992. The Labute approximate surface area is 105 Å². The van der Waals surface area contributed by atoms with Crippen LogP contribution >= 0.6 is 0 Å². The molecule has 0 fully saturated rings. The van der Waals surface area contributed by atoms with Gasteiger partial charge in [-0.3, -0.25) is 0 Å². The maximum atomic E-state index is 5.75. The van der Waals surface area contributed by atoms with E-state index in [-0.39, 0.29) is 6.04 Å². The van der Waals surface area contributed by atoms with Crippen LogP contribution in [0.5, 0.6) is 5.88 Å². The van der Waals surface area contributed by atoms with E-state index in [1.54, 1.807) is 0 Å². The van der Waals surface area contributed by atoms with E-state index in [4.69, 9.17) is 10.5 Å². The van der Waals surface area contributed by atoms with E-state index in [0.717, 1.165) is 19.3 Å². The van der Waals surface area contributed by atoms with Crippen molar-refractivity contribution in [3.8, 4) is 5.88 Å². The number of nitrogens with zero attached hydrogens (tertiary/aromatic N) is 1. The highest BCUT2D eigenvalue weighted by Crippen LogP contribution is 2.09. The van der Waals surface area contributed by atoms with Crippen LogP contribution in [0, 0.1) is 0 Å². The first-order chi connectivity index (χ1) is 8.26. The molecule has 0 bridgehead atoms. The first-order valence-corrected chi connectivity index (χ1v) is 6.59. The van der Waals surface area contributed by atoms with Gasteiger partial charge in [0.2, 0.25) is 5.88 Å². The van der Waals surface area contributed by atoms with E-state index in [9.17, 15) is 0 Å². The van der Waals surface area contributed by atoms with Crippen molar-refractivity contribution in [2.24, 2.45) is 5.73 Å². The van der Waals surface area contributed by atoms with Crippen LogP contribution in [0.2, 0.25) is 0 Å². The lowest BCUT2D eigenvalue weighted by Gasteiger charge is -2.10. The van der Waals surface area contributed by atoms with E-state index in [2.05, 4.69) is 18.0 Å². The number of ether oxygens (including phenoxy) is 1. The van der Waals surface area contributed by atoms with E-state index in [1.165, 1.54) is 5.56 Å². The van der Waals surface area contributed by atoms with Crippen molar-refractivity contribution in [1.29, 1.82) is 0 Å². The van der Waals surface area contributed by atoms with Crippen LogP contribution in [-0.4, -0.2) is 17.6 Å². The van der Waals surface area contributed by atoms with Crippen LogP contribution in [0.25, 0.3) is 0 Å². The molecule has 0 aliphatic carbocycles. The molecule has 1 rings (SSSR count). The molecule has 1 aromatic rings. The smallest absolute Gasteiger partial charge is 0.213 e. The van der Waals surface area contributed by atoms with Gasteiger partial charge in [-0.15, -0.1) is 0 Å². The molecule has 3 heteroatoms. The fourth-order valence-electron chi connectivity index (χ4n) is 1.24. The number of hydrogen-bond acceptors (Lipinski definition) is 3.